The van der Waals surface area contributed by atoms with Gasteiger partial charge in [0.2, 0.25) is 0 Å². The minimum atomic E-state index is -1.11. The van der Waals surface area contributed by atoms with Gasteiger partial charge >= 0.3 is 5.97 Å². The smallest absolute Gasteiger partial charge is 0.347 e. The van der Waals surface area contributed by atoms with Gasteiger partial charge in [0, 0.05) is 10.5 Å². The topological polar surface area (TPSA) is 37.3 Å². The summed E-state index contributed by atoms with van der Waals surface area (Å²) in [7, 11) is 0. The highest BCUT2D eigenvalue weighted by Crippen LogP contribution is 2.25. The van der Waals surface area contributed by atoms with E-state index >= 15 is 0 Å². The lowest BCUT2D eigenvalue weighted by Gasteiger charge is -1.84. The number of thiophene rings is 1. The van der Waals surface area contributed by atoms with Gasteiger partial charge in [0.1, 0.15) is 4.88 Å². The van der Waals surface area contributed by atoms with Crippen molar-refractivity contribution in [2.75, 3.05) is 0 Å². The number of hydrogen-bond acceptors (Lipinski definition) is 2. The summed E-state index contributed by atoms with van der Waals surface area (Å²) in [6, 6.07) is 1.13. The van der Waals surface area contributed by atoms with Gasteiger partial charge in [0.05, 0.1) is 0 Å². The SMILES string of the molecule is O=C(O)c1sc(F)cc1Br. The first-order chi connectivity index (χ1) is 4.61. The summed E-state index contributed by atoms with van der Waals surface area (Å²) in [4.78, 5) is 10.2. The van der Waals surface area contributed by atoms with E-state index in [0.29, 0.717) is 15.8 Å². The molecule has 0 unspecified atom stereocenters. The molecule has 0 fully saturated rings. The summed E-state index contributed by atoms with van der Waals surface area (Å²) in [6.45, 7) is 0. The van der Waals surface area contributed by atoms with E-state index in [2.05, 4.69) is 15.9 Å². The van der Waals surface area contributed by atoms with Gasteiger partial charge in [-0.3, -0.25) is 0 Å². The Kier molecular flexibility index (Phi) is 2.05. The van der Waals surface area contributed by atoms with Crippen LogP contribution in [0.1, 0.15) is 9.67 Å². The van der Waals surface area contributed by atoms with E-state index in [-0.39, 0.29) is 4.88 Å². The van der Waals surface area contributed by atoms with Crippen LogP contribution < -0.4 is 0 Å². The zero-order valence-electron chi connectivity index (χ0n) is 4.60. The van der Waals surface area contributed by atoms with E-state index < -0.39 is 11.1 Å². The van der Waals surface area contributed by atoms with Crippen molar-refractivity contribution in [2.45, 2.75) is 0 Å². The van der Waals surface area contributed by atoms with Gasteiger partial charge in [-0.1, -0.05) is 11.3 Å². The normalized spacial score (nSPS) is 9.80. The van der Waals surface area contributed by atoms with Crippen LogP contribution >= 0.6 is 27.3 Å². The minimum Gasteiger partial charge on any atom is -0.477 e. The first kappa shape index (κ1) is 7.68. The van der Waals surface area contributed by atoms with Crippen LogP contribution in [0.3, 0.4) is 0 Å². The quantitative estimate of drug-likeness (QED) is 0.796. The molecule has 1 rings (SSSR count). The van der Waals surface area contributed by atoms with Gasteiger partial charge in [-0.2, -0.15) is 4.39 Å². The molecule has 0 atom stereocenters. The van der Waals surface area contributed by atoms with Crippen molar-refractivity contribution < 1.29 is 14.3 Å². The molecule has 1 aromatic heterocycles. The Morgan fingerprint density at radius 2 is 2.40 bits per heavy atom. The average molecular weight is 225 g/mol. The molecule has 0 saturated heterocycles. The fraction of sp³-hybridized carbons (Fsp3) is 0. The maximum atomic E-state index is 12.3. The van der Waals surface area contributed by atoms with Crippen molar-refractivity contribution in [3.63, 3.8) is 0 Å². The maximum absolute atomic E-state index is 12.3. The molecule has 0 saturated carbocycles. The van der Waals surface area contributed by atoms with Crippen molar-refractivity contribution in [3.8, 4) is 0 Å². The third-order valence-electron chi connectivity index (χ3n) is 0.851. The minimum absolute atomic E-state index is 0.00231. The van der Waals surface area contributed by atoms with Crippen molar-refractivity contribution in [3.05, 3.63) is 20.5 Å². The molecule has 0 aliphatic rings. The van der Waals surface area contributed by atoms with Crippen LogP contribution in [-0.2, 0) is 0 Å². The maximum Gasteiger partial charge on any atom is 0.347 e. The average Bonchev–Trinajstić information content (AvgIpc) is 2.10. The molecule has 5 heteroatoms. The molecular weight excluding hydrogens is 223 g/mol. The van der Waals surface area contributed by atoms with Crippen molar-refractivity contribution in [1.82, 2.24) is 0 Å². The molecule has 0 aromatic carbocycles. The van der Waals surface area contributed by atoms with Gasteiger partial charge in [-0.05, 0) is 15.9 Å². The molecule has 0 radical (unpaired) electrons. The van der Waals surface area contributed by atoms with Crippen molar-refractivity contribution >= 4 is 33.2 Å². The van der Waals surface area contributed by atoms with Crippen LogP contribution in [0.15, 0.2) is 10.5 Å². The summed E-state index contributed by atoms with van der Waals surface area (Å²) in [6.07, 6.45) is 0. The molecule has 0 amide bonds. The van der Waals surface area contributed by atoms with E-state index in [1.54, 1.807) is 0 Å². The molecule has 2 nitrogen and oxygen atoms in total. The molecular formula is C5H2BrFO2S. The number of hydrogen-bond donors (Lipinski definition) is 1. The van der Waals surface area contributed by atoms with Crippen molar-refractivity contribution in [2.24, 2.45) is 0 Å². The van der Waals surface area contributed by atoms with E-state index in [4.69, 9.17) is 5.11 Å². The summed E-state index contributed by atoms with van der Waals surface area (Å²) in [5, 5.41) is 7.90. The van der Waals surface area contributed by atoms with Crippen LogP contribution in [0.25, 0.3) is 0 Å². The lowest BCUT2D eigenvalue weighted by Crippen LogP contribution is -1.91. The molecule has 0 spiro atoms. The largest absolute Gasteiger partial charge is 0.477 e. The highest BCUT2D eigenvalue weighted by atomic mass is 79.9. The number of carboxylic acids is 1. The van der Waals surface area contributed by atoms with E-state index in [1.165, 1.54) is 0 Å². The van der Waals surface area contributed by atoms with Crippen LogP contribution in [0, 0.1) is 5.13 Å². The number of rotatable bonds is 1. The fourth-order valence-electron chi connectivity index (χ4n) is 0.487. The summed E-state index contributed by atoms with van der Waals surface area (Å²) in [5.74, 6) is -1.11. The summed E-state index contributed by atoms with van der Waals surface area (Å²) < 4.78 is 12.6. The van der Waals surface area contributed by atoms with Crippen LogP contribution in [0.5, 0.6) is 0 Å². The Morgan fingerprint density at radius 1 is 1.80 bits per heavy atom. The van der Waals surface area contributed by atoms with E-state index in [1.807, 2.05) is 0 Å². The molecule has 0 aliphatic heterocycles. The Balaban J connectivity index is 3.15. The van der Waals surface area contributed by atoms with Crippen LogP contribution in [-0.4, -0.2) is 11.1 Å². The highest BCUT2D eigenvalue weighted by Gasteiger charge is 2.12. The number of halogens is 2. The van der Waals surface area contributed by atoms with Gasteiger partial charge in [-0.25, -0.2) is 4.79 Å². The van der Waals surface area contributed by atoms with E-state index in [0.717, 1.165) is 6.07 Å². The molecule has 1 aromatic rings. The predicted octanol–water partition coefficient (Wildman–Crippen LogP) is 2.35. The number of carbonyl (C=O) groups is 1. The summed E-state index contributed by atoms with van der Waals surface area (Å²) in [5.41, 5.74) is 0. The number of aromatic carboxylic acids is 1. The van der Waals surface area contributed by atoms with Gasteiger partial charge in [0.15, 0.2) is 5.13 Å². The number of carboxylic acid groups (broad SMARTS) is 1. The Morgan fingerprint density at radius 3 is 2.60 bits per heavy atom. The first-order valence-corrected chi connectivity index (χ1v) is 3.90. The molecule has 10 heavy (non-hydrogen) atoms. The second-order valence-electron chi connectivity index (χ2n) is 1.53. The van der Waals surface area contributed by atoms with Crippen LogP contribution in [0.2, 0.25) is 0 Å². The molecule has 0 aliphatic carbocycles. The van der Waals surface area contributed by atoms with Gasteiger partial charge in [0.25, 0.3) is 0 Å². The second kappa shape index (κ2) is 2.67. The monoisotopic (exact) mass is 224 g/mol. The Bertz CT molecular complexity index is 271. The van der Waals surface area contributed by atoms with Crippen LogP contribution in [0.4, 0.5) is 4.39 Å². The zero-order chi connectivity index (χ0) is 7.72. The molecule has 0 bridgehead atoms. The first-order valence-electron chi connectivity index (χ1n) is 2.29. The zero-order valence-corrected chi connectivity index (χ0v) is 7.00. The molecule has 54 valence electrons. The Hall–Kier alpha value is -0.420. The van der Waals surface area contributed by atoms with Gasteiger partial charge in [-0.15, -0.1) is 0 Å². The lowest BCUT2D eigenvalue weighted by molar-refractivity contribution is 0.0701. The highest BCUT2D eigenvalue weighted by molar-refractivity contribution is 9.10. The lowest BCUT2D eigenvalue weighted by atomic mass is 10.5. The predicted molar refractivity (Wildman–Crippen MR) is 38.9 cm³/mol. The Labute approximate surface area is 68.4 Å². The third kappa shape index (κ3) is 1.35. The standard InChI is InChI=1S/C5H2BrFO2S/c6-2-1-3(7)10-4(2)5(8)9/h1H,(H,8,9). The third-order valence-corrected chi connectivity index (χ3v) is 2.65. The van der Waals surface area contributed by atoms with E-state index in [9.17, 15) is 9.18 Å². The van der Waals surface area contributed by atoms with Crippen molar-refractivity contribution in [1.29, 1.82) is 0 Å². The molecule has 1 heterocycles. The second-order valence-corrected chi connectivity index (χ2v) is 3.39. The fourth-order valence-corrected chi connectivity index (χ4v) is 1.87. The molecule has 1 N–H and O–H groups in total. The van der Waals surface area contributed by atoms with Gasteiger partial charge < -0.3 is 5.11 Å². The summed E-state index contributed by atoms with van der Waals surface area (Å²) >= 11 is 3.52.